The third-order valence-electron chi connectivity index (χ3n) is 2.20. The first-order valence-electron chi connectivity index (χ1n) is 5.00. The zero-order valence-electron chi connectivity index (χ0n) is 8.79. The van der Waals surface area contributed by atoms with Gasteiger partial charge >= 0.3 is 0 Å². The van der Waals surface area contributed by atoms with E-state index >= 15 is 0 Å². The van der Waals surface area contributed by atoms with Crippen molar-refractivity contribution in [2.24, 2.45) is 5.84 Å². The van der Waals surface area contributed by atoms with Crippen molar-refractivity contribution in [3.8, 4) is 5.75 Å². The van der Waals surface area contributed by atoms with Gasteiger partial charge in [-0.2, -0.15) is 0 Å². The third kappa shape index (κ3) is 2.72. The average Bonchev–Trinajstić information content (AvgIpc) is 2.23. The first-order valence-corrected chi connectivity index (χ1v) is 5.00. The topological polar surface area (TPSA) is 47.3 Å². The summed E-state index contributed by atoms with van der Waals surface area (Å²) in [5, 5.41) is 0. The van der Waals surface area contributed by atoms with Crippen LogP contribution in [-0.4, -0.2) is 6.61 Å². The predicted octanol–water partition coefficient (Wildman–Crippen LogP) is 2.00. The van der Waals surface area contributed by atoms with Crippen molar-refractivity contribution in [2.75, 3.05) is 6.61 Å². The van der Waals surface area contributed by atoms with Crippen molar-refractivity contribution in [3.63, 3.8) is 0 Å². The number of benzene rings is 1. The maximum absolute atomic E-state index is 5.43. The molecule has 0 unspecified atom stereocenters. The Morgan fingerprint density at radius 1 is 1.29 bits per heavy atom. The van der Waals surface area contributed by atoms with Gasteiger partial charge in [0.1, 0.15) is 5.75 Å². The monoisotopic (exact) mass is 194 g/mol. The summed E-state index contributed by atoms with van der Waals surface area (Å²) in [6.07, 6.45) is 0.977. The molecule has 0 aliphatic heterocycles. The minimum atomic E-state index is 0.227. The van der Waals surface area contributed by atoms with Crippen molar-refractivity contribution >= 4 is 0 Å². The molecule has 0 aliphatic rings. The third-order valence-corrected chi connectivity index (χ3v) is 2.20. The van der Waals surface area contributed by atoms with Gasteiger partial charge < -0.3 is 4.74 Å². The lowest BCUT2D eigenvalue weighted by atomic mass is 10.1. The Morgan fingerprint density at radius 3 is 2.36 bits per heavy atom. The fourth-order valence-electron chi connectivity index (χ4n) is 1.41. The summed E-state index contributed by atoms with van der Waals surface area (Å²) in [6.45, 7) is 4.77. The lowest BCUT2D eigenvalue weighted by molar-refractivity contribution is 0.340. The lowest BCUT2D eigenvalue weighted by Crippen LogP contribution is -2.27. The molecule has 3 heteroatoms. The van der Waals surface area contributed by atoms with Crippen LogP contribution in [0, 0.1) is 0 Å². The van der Waals surface area contributed by atoms with Crippen molar-refractivity contribution in [2.45, 2.75) is 26.3 Å². The predicted molar refractivity (Wildman–Crippen MR) is 58.0 cm³/mol. The van der Waals surface area contributed by atoms with Crippen LogP contribution in [0.1, 0.15) is 31.9 Å². The summed E-state index contributed by atoms with van der Waals surface area (Å²) in [4.78, 5) is 0. The Kier molecular flexibility index (Phi) is 4.43. The van der Waals surface area contributed by atoms with Gasteiger partial charge in [-0.15, -0.1) is 0 Å². The molecule has 14 heavy (non-hydrogen) atoms. The zero-order valence-corrected chi connectivity index (χ0v) is 8.79. The van der Waals surface area contributed by atoms with Crippen LogP contribution in [0.25, 0.3) is 0 Å². The smallest absolute Gasteiger partial charge is 0.119 e. The van der Waals surface area contributed by atoms with Gasteiger partial charge in [0.05, 0.1) is 6.61 Å². The van der Waals surface area contributed by atoms with E-state index in [-0.39, 0.29) is 6.04 Å². The molecule has 0 aromatic heterocycles. The van der Waals surface area contributed by atoms with Crippen LogP contribution < -0.4 is 16.0 Å². The Hall–Kier alpha value is -1.06. The van der Waals surface area contributed by atoms with Crippen LogP contribution in [0.2, 0.25) is 0 Å². The van der Waals surface area contributed by atoms with E-state index < -0.39 is 0 Å². The van der Waals surface area contributed by atoms with Crippen LogP contribution in [-0.2, 0) is 0 Å². The van der Waals surface area contributed by atoms with Gasteiger partial charge in [-0.25, -0.2) is 0 Å². The highest BCUT2D eigenvalue weighted by atomic mass is 16.5. The Morgan fingerprint density at radius 2 is 1.93 bits per heavy atom. The van der Waals surface area contributed by atoms with Crippen LogP contribution in [0.15, 0.2) is 24.3 Å². The SMILES string of the molecule is CCOc1ccc([C@H](CC)NN)cc1. The van der Waals surface area contributed by atoms with E-state index in [1.807, 2.05) is 31.2 Å². The Labute approximate surface area is 85.2 Å². The van der Waals surface area contributed by atoms with Crippen LogP contribution in [0.3, 0.4) is 0 Å². The van der Waals surface area contributed by atoms with Crippen LogP contribution >= 0.6 is 0 Å². The molecule has 1 aromatic carbocycles. The summed E-state index contributed by atoms with van der Waals surface area (Å²) in [7, 11) is 0. The van der Waals surface area contributed by atoms with E-state index in [1.165, 1.54) is 5.56 Å². The standard InChI is InChI=1S/C11H18N2O/c1-3-11(13-12)9-5-7-10(8-6-9)14-4-2/h5-8,11,13H,3-4,12H2,1-2H3/t11-/m0/s1. The van der Waals surface area contributed by atoms with E-state index in [4.69, 9.17) is 10.6 Å². The molecule has 3 N–H and O–H groups in total. The Bertz CT molecular complexity index is 254. The number of ether oxygens (including phenoxy) is 1. The molecular formula is C11H18N2O. The zero-order chi connectivity index (χ0) is 10.4. The molecular weight excluding hydrogens is 176 g/mol. The highest BCUT2D eigenvalue weighted by Gasteiger charge is 2.05. The molecule has 0 saturated heterocycles. The van der Waals surface area contributed by atoms with Crippen LogP contribution in [0.4, 0.5) is 0 Å². The number of hydrogen-bond acceptors (Lipinski definition) is 3. The quantitative estimate of drug-likeness (QED) is 0.556. The normalized spacial score (nSPS) is 12.5. The molecule has 0 amide bonds. The van der Waals surface area contributed by atoms with Crippen molar-refractivity contribution in [3.05, 3.63) is 29.8 Å². The maximum atomic E-state index is 5.43. The molecule has 3 nitrogen and oxygen atoms in total. The molecule has 0 radical (unpaired) electrons. The summed E-state index contributed by atoms with van der Waals surface area (Å²) < 4.78 is 5.36. The maximum Gasteiger partial charge on any atom is 0.119 e. The summed E-state index contributed by atoms with van der Waals surface area (Å²) in [5.74, 6) is 6.34. The highest BCUT2D eigenvalue weighted by Crippen LogP contribution is 2.19. The summed E-state index contributed by atoms with van der Waals surface area (Å²) >= 11 is 0. The minimum Gasteiger partial charge on any atom is -0.494 e. The Balaban J connectivity index is 2.71. The van der Waals surface area contributed by atoms with E-state index in [1.54, 1.807) is 0 Å². The van der Waals surface area contributed by atoms with Crippen molar-refractivity contribution in [1.82, 2.24) is 5.43 Å². The summed E-state index contributed by atoms with van der Waals surface area (Å²) in [6, 6.07) is 8.25. The first kappa shape index (κ1) is 11.0. The van der Waals surface area contributed by atoms with Crippen molar-refractivity contribution < 1.29 is 4.74 Å². The average molecular weight is 194 g/mol. The second-order valence-corrected chi connectivity index (χ2v) is 3.13. The van der Waals surface area contributed by atoms with Gasteiger partial charge in [0, 0.05) is 6.04 Å². The molecule has 1 aromatic rings. The van der Waals surface area contributed by atoms with E-state index in [0.29, 0.717) is 6.61 Å². The molecule has 0 saturated carbocycles. The van der Waals surface area contributed by atoms with Gasteiger partial charge in [-0.3, -0.25) is 11.3 Å². The number of nitrogens with two attached hydrogens (primary N) is 1. The van der Waals surface area contributed by atoms with E-state index in [2.05, 4.69) is 12.3 Å². The number of hydrazine groups is 1. The second kappa shape index (κ2) is 5.62. The molecule has 0 aliphatic carbocycles. The largest absolute Gasteiger partial charge is 0.494 e. The number of rotatable bonds is 5. The highest BCUT2D eigenvalue weighted by molar-refractivity contribution is 5.29. The fraction of sp³-hybridized carbons (Fsp3) is 0.455. The first-order chi connectivity index (χ1) is 6.81. The molecule has 78 valence electrons. The second-order valence-electron chi connectivity index (χ2n) is 3.13. The van der Waals surface area contributed by atoms with Gasteiger partial charge in [0.2, 0.25) is 0 Å². The molecule has 0 bridgehead atoms. The summed E-state index contributed by atoms with van der Waals surface area (Å²) in [5.41, 5.74) is 3.97. The number of hydrogen-bond donors (Lipinski definition) is 2. The van der Waals surface area contributed by atoms with Gasteiger partial charge in [0.15, 0.2) is 0 Å². The molecule has 1 atom stereocenters. The number of nitrogens with one attached hydrogen (secondary N) is 1. The van der Waals surface area contributed by atoms with E-state index in [9.17, 15) is 0 Å². The van der Waals surface area contributed by atoms with Gasteiger partial charge in [-0.1, -0.05) is 19.1 Å². The molecule has 0 spiro atoms. The molecule has 0 fully saturated rings. The van der Waals surface area contributed by atoms with Gasteiger partial charge in [0.25, 0.3) is 0 Å². The molecule has 0 heterocycles. The van der Waals surface area contributed by atoms with E-state index in [0.717, 1.165) is 12.2 Å². The molecule has 1 rings (SSSR count). The van der Waals surface area contributed by atoms with Gasteiger partial charge in [-0.05, 0) is 31.0 Å². The van der Waals surface area contributed by atoms with Crippen molar-refractivity contribution in [1.29, 1.82) is 0 Å². The van der Waals surface area contributed by atoms with Crippen LogP contribution in [0.5, 0.6) is 5.75 Å². The fourth-order valence-corrected chi connectivity index (χ4v) is 1.41. The minimum absolute atomic E-state index is 0.227. The lowest BCUT2D eigenvalue weighted by Gasteiger charge is -2.14.